The summed E-state index contributed by atoms with van der Waals surface area (Å²) < 4.78 is 0.835. The normalized spacial score (nSPS) is 17.7. The van der Waals surface area contributed by atoms with Crippen molar-refractivity contribution in [2.75, 3.05) is 36.7 Å². The molecule has 12 heteroatoms. The molecule has 3 aromatic rings. The van der Waals surface area contributed by atoms with Gasteiger partial charge in [0.15, 0.2) is 5.13 Å². The Morgan fingerprint density at radius 1 is 1.29 bits per heavy atom. The van der Waals surface area contributed by atoms with Crippen molar-refractivity contribution in [2.24, 2.45) is 11.7 Å². The number of hydrogen-bond acceptors (Lipinski definition) is 8. The number of nitrogens with one attached hydrogen (secondary N) is 2. The zero-order valence-electron chi connectivity index (χ0n) is 18.6. The molecular formula is C22H23ClN6O4S. The molecule has 2 atom stereocenters. The van der Waals surface area contributed by atoms with Crippen LogP contribution in [0, 0.1) is 5.92 Å². The summed E-state index contributed by atoms with van der Waals surface area (Å²) in [6.45, 7) is 0. The Labute approximate surface area is 204 Å². The Balaban J connectivity index is 1.86. The van der Waals surface area contributed by atoms with E-state index in [0.29, 0.717) is 27.0 Å². The van der Waals surface area contributed by atoms with Crippen LogP contribution < -0.4 is 21.3 Å². The standard InChI is InChI=1S/C22H23ClN6O4S/c1-28(2)19(31)13(10-18(24)30)22(27-21-25-14-6-5-12(23)9-17(14)34-21)26-15-8-11(20(32)33)4-7-16(15)29(22)3/h4-9,13,26H,10H2,1-3H3,(H2,24,30)(H,25,27)(H,32,33). The Morgan fingerprint density at radius 2 is 2.03 bits per heavy atom. The highest BCUT2D eigenvalue weighted by Crippen LogP contribution is 2.45. The topological polar surface area (TPSA) is 141 Å². The van der Waals surface area contributed by atoms with Gasteiger partial charge in [0.1, 0.15) is 5.92 Å². The number of fused-ring (bicyclic) bond motifs is 2. The van der Waals surface area contributed by atoms with Crippen LogP contribution in [0.4, 0.5) is 16.5 Å². The minimum absolute atomic E-state index is 0.0791. The third-order valence-electron chi connectivity index (χ3n) is 5.76. The van der Waals surface area contributed by atoms with Gasteiger partial charge in [-0.15, -0.1) is 0 Å². The van der Waals surface area contributed by atoms with Gasteiger partial charge in [-0.1, -0.05) is 22.9 Å². The van der Waals surface area contributed by atoms with Gasteiger partial charge in [0.2, 0.25) is 17.6 Å². The molecule has 0 bridgehead atoms. The highest BCUT2D eigenvalue weighted by atomic mass is 35.5. The lowest BCUT2D eigenvalue weighted by atomic mass is 9.93. The average Bonchev–Trinajstić information content (AvgIpc) is 3.28. The van der Waals surface area contributed by atoms with Gasteiger partial charge in [-0.25, -0.2) is 9.78 Å². The zero-order chi connectivity index (χ0) is 24.8. The van der Waals surface area contributed by atoms with Crippen molar-refractivity contribution < 1.29 is 19.5 Å². The number of nitrogens with two attached hydrogens (primary N) is 1. The van der Waals surface area contributed by atoms with Gasteiger partial charge in [0.05, 0.1) is 27.2 Å². The minimum atomic E-state index is -1.37. The Kier molecular flexibility index (Phi) is 6.00. The highest BCUT2D eigenvalue weighted by molar-refractivity contribution is 7.22. The lowest BCUT2D eigenvalue weighted by Crippen LogP contribution is -2.64. The summed E-state index contributed by atoms with van der Waals surface area (Å²) >= 11 is 7.46. The molecule has 0 radical (unpaired) electrons. The Hall–Kier alpha value is -3.57. The van der Waals surface area contributed by atoms with Crippen molar-refractivity contribution in [1.82, 2.24) is 9.88 Å². The lowest BCUT2D eigenvalue weighted by molar-refractivity contribution is -0.137. The second-order valence-corrected chi connectivity index (χ2v) is 9.67. The molecule has 0 aliphatic carbocycles. The van der Waals surface area contributed by atoms with Crippen molar-refractivity contribution in [3.63, 3.8) is 0 Å². The van der Waals surface area contributed by atoms with E-state index in [-0.39, 0.29) is 17.9 Å². The fourth-order valence-electron chi connectivity index (χ4n) is 4.11. The summed E-state index contributed by atoms with van der Waals surface area (Å²) in [5, 5.41) is 17.1. The molecule has 34 heavy (non-hydrogen) atoms. The van der Waals surface area contributed by atoms with E-state index in [2.05, 4.69) is 15.6 Å². The van der Waals surface area contributed by atoms with E-state index in [0.717, 1.165) is 4.70 Å². The number of thiazole rings is 1. The number of halogens is 1. The van der Waals surface area contributed by atoms with Crippen LogP contribution in [0.15, 0.2) is 36.4 Å². The Bertz CT molecular complexity index is 1310. The van der Waals surface area contributed by atoms with E-state index in [9.17, 15) is 19.5 Å². The molecule has 0 saturated heterocycles. The second kappa shape index (κ2) is 8.65. The zero-order valence-corrected chi connectivity index (χ0v) is 20.2. The molecule has 10 nitrogen and oxygen atoms in total. The van der Waals surface area contributed by atoms with Crippen LogP contribution in [0.5, 0.6) is 0 Å². The fraction of sp³-hybridized carbons (Fsp3) is 0.273. The first-order valence-electron chi connectivity index (χ1n) is 10.2. The van der Waals surface area contributed by atoms with Crippen molar-refractivity contribution in [3.05, 3.63) is 47.0 Å². The molecule has 2 heterocycles. The van der Waals surface area contributed by atoms with Gasteiger partial charge in [-0.3, -0.25) is 9.59 Å². The van der Waals surface area contributed by atoms with Crippen LogP contribution in [-0.2, 0) is 9.59 Å². The number of amides is 2. The predicted molar refractivity (Wildman–Crippen MR) is 132 cm³/mol. The number of benzene rings is 2. The smallest absolute Gasteiger partial charge is 0.335 e. The molecule has 0 saturated carbocycles. The number of nitrogens with zero attached hydrogens (tertiary/aromatic N) is 3. The molecule has 2 unspecified atom stereocenters. The average molecular weight is 503 g/mol. The van der Waals surface area contributed by atoms with E-state index < -0.39 is 23.6 Å². The van der Waals surface area contributed by atoms with Crippen LogP contribution in [0.25, 0.3) is 10.2 Å². The molecule has 2 aromatic carbocycles. The van der Waals surface area contributed by atoms with Crippen molar-refractivity contribution >= 4 is 67.4 Å². The van der Waals surface area contributed by atoms with Crippen LogP contribution in [0.1, 0.15) is 16.8 Å². The number of carbonyl (C=O) groups is 3. The molecule has 0 fully saturated rings. The molecule has 0 spiro atoms. The van der Waals surface area contributed by atoms with Crippen LogP contribution in [0.2, 0.25) is 5.02 Å². The van der Waals surface area contributed by atoms with E-state index in [1.807, 2.05) is 0 Å². The first-order chi connectivity index (χ1) is 16.0. The van der Waals surface area contributed by atoms with E-state index in [1.54, 1.807) is 50.3 Å². The Morgan fingerprint density at radius 3 is 2.68 bits per heavy atom. The van der Waals surface area contributed by atoms with Gasteiger partial charge >= 0.3 is 5.97 Å². The summed E-state index contributed by atoms with van der Waals surface area (Å²) in [5.41, 5.74) is 7.47. The maximum atomic E-state index is 13.3. The number of carboxylic acid groups (broad SMARTS) is 1. The van der Waals surface area contributed by atoms with Crippen molar-refractivity contribution in [1.29, 1.82) is 0 Å². The number of carbonyl (C=O) groups excluding carboxylic acids is 2. The minimum Gasteiger partial charge on any atom is -0.478 e. The van der Waals surface area contributed by atoms with Crippen LogP contribution >= 0.6 is 22.9 Å². The number of primary amides is 1. The second-order valence-electron chi connectivity index (χ2n) is 8.20. The summed E-state index contributed by atoms with van der Waals surface area (Å²) in [6.07, 6.45) is -0.266. The van der Waals surface area contributed by atoms with Crippen LogP contribution in [0.3, 0.4) is 0 Å². The van der Waals surface area contributed by atoms with E-state index >= 15 is 0 Å². The number of aromatic carboxylic acids is 1. The summed E-state index contributed by atoms with van der Waals surface area (Å²) in [6, 6.07) is 9.92. The number of aromatic nitrogens is 1. The first-order valence-corrected chi connectivity index (χ1v) is 11.4. The third kappa shape index (κ3) is 4.08. The quantitative estimate of drug-likeness (QED) is 0.386. The third-order valence-corrected chi connectivity index (χ3v) is 6.92. The van der Waals surface area contributed by atoms with Gasteiger partial charge in [-0.05, 0) is 36.4 Å². The van der Waals surface area contributed by atoms with Crippen LogP contribution in [-0.4, -0.2) is 59.7 Å². The SMILES string of the molecule is CN(C)C(=O)C(CC(N)=O)C1(Nc2nc3ccc(Cl)cc3s2)Nc2cc(C(=O)O)ccc2N1C. The molecule has 1 aromatic heterocycles. The number of rotatable bonds is 7. The molecular weight excluding hydrogens is 480 g/mol. The lowest BCUT2D eigenvalue weighted by Gasteiger charge is -2.43. The molecule has 178 valence electrons. The monoisotopic (exact) mass is 502 g/mol. The number of anilines is 3. The summed E-state index contributed by atoms with van der Waals surface area (Å²) in [7, 11) is 4.93. The van der Waals surface area contributed by atoms with E-state index in [4.69, 9.17) is 17.3 Å². The van der Waals surface area contributed by atoms with E-state index in [1.165, 1.54) is 28.4 Å². The summed E-state index contributed by atoms with van der Waals surface area (Å²) in [5.74, 6) is -4.44. The summed E-state index contributed by atoms with van der Waals surface area (Å²) in [4.78, 5) is 44.7. The molecule has 1 aliphatic rings. The predicted octanol–water partition coefficient (Wildman–Crippen LogP) is 2.86. The molecule has 5 N–H and O–H groups in total. The first kappa shape index (κ1) is 23.6. The van der Waals surface area contributed by atoms with Crippen molar-refractivity contribution in [3.8, 4) is 0 Å². The molecule has 4 rings (SSSR count). The van der Waals surface area contributed by atoms with Gasteiger partial charge in [0, 0.05) is 32.6 Å². The van der Waals surface area contributed by atoms with Gasteiger partial charge < -0.3 is 31.3 Å². The highest BCUT2D eigenvalue weighted by Gasteiger charge is 2.52. The number of hydrogen-bond donors (Lipinski definition) is 4. The molecule has 2 amide bonds. The molecule has 1 aliphatic heterocycles. The van der Waals surface area contributed by atoms with Gasteiger partial charge in [-0.2, -0.15) is 0 Å². The van der Waals surface area contributed by atoms with Gasteiger partial charge in [0.25, 0.3) is 0 Å². The maximum Gasteiger partial charge on any atom is 0.335 e. The number of carboxylic acids is 1. The maximum absolute atomic E-state index is 13.3. The largest absolute Gasteiger partial charge is 0.478 e. The fourth-order valence-corrected chi connectivity index (χ4v) is 5.31. The van der Waals surface area contributed by atoms with Crippen molar-refractivity contribution in [2.45, 2.75) is 12.2 Å².